The third kappa shape index (κ3) is 2.17. The summed E-state index contributed by atoms with van der Waals surface area (Å²) in [6.45, 7) is 0. The van der Waals surface area contributed by atoms with Gasteiger partial charge in [0.1, 0.15) is 5.75 Å². The van der Waals surface area contributed by atoms with E-state index in [1.165, 1.54) is 0 Å². The summed E-state index contributed by atoms with van der Waals surface area (Å²) in [6.07, 6.45) is 1.83. The van der Waals surface area contributed by atoms with E-state index in [0.29, 0.717) is 16.3 Å². The van der Waals surface area contributed by atoms with Crippen LogP contribution in [0.5, 0.6) is 5.75 Å². The molecule has 0 spiro atoms. The first-order chi connectivity index (χ1) is 9.69. The van der Waals surface area contributed by atoms with E-state index in [9.17, 15) is 4.79 Å². The highest BCUT2D eigenvalue weighted by Crippen LogP contribution is 2.33. The number of nitrogens with one attached hydrogen (secondary N) is 1. The van der Waals surface area contributed by atoms with E-state index in [-0.39, 0.29) is 5.91 Å². The maximum atomic E-state index is 12.0. The summed E-state index contributed by atoms with van der Waals surface area (Å²) in [7, 11) is 1.57. The Morgan fingerprint density at radius 1 is 1.20 bits per heavy atom. The molecule has 2 aromatic rings. The Hall–Kier alpha value is -2.26. The number of amides is 1. The lowest BCUT2D eigenvalue weighted by molar-refractivity contribution is -0.110. The van der Waals surface area contributed by atoms with Gasteiger partial charge in [-0.3, -0.25) is 4.79 Å². The number of carbonyl (C=O) groups excluding carboxylic acids is 1. The van der Waals surface area contributed by atoms with Gasteiger partial charge in [-0.15, -0.1) is 0 Å². The van der Waals surface area contributed by atoms with E-state index in [1.54, 1.807) is 19.2 Å². The molecule has 1 N–H and O–H groups in total. The highest BCUT2D eigenvalue weighted by atomic mass is 35.5. The average molecular weight is 286 g/mol. The Bertz CT molecular complexity index is 722. The molecule has 0 aromatic heterocycles. The van der Waals surface area contributed by atoms with Gasteiger partial charge >= 0.3 is 0 Å². The third-order valence-electron chi connectivity index (χ3n) is 3.20. The first-order valence-electron chi connectivity index (χ1n) is 6.15. The maximum absolute atomic E-state index is 12.0. The molecule has 4 heteroatoms. The van der Waals surface area contributed by atoms with Crippen LogP contribution in [0, 0.1) is 0 Å². The number of methoxy groups -OCH3 is 1. The zero-order chi connectivity index (χ0) is 14.1. The van der Waals surface area contributed by atoms with Gasteiger partial charge in [-0.1, -0.05) is 35.9 Å². The minimum atomic E-state index is -0.0989. The molecule has 0 atom stereocenters. The van der Waals surface area contributed by atoms with Crippen molar-refractivity contribution in [3.8, 4) is 5.75 Å². The number of hydrogen-bond acceptors (Lipinski definition) is 2. The zero-order valence-corrected chi connectivity index (χ0v) is 11.6. The summed E-state index contributed by atoms with van der Waals surface area (Å²) < 4.78 is 5.12. The monoisotopic (exact) mass is 285 g/mol. The highest BCUT2D eigenvalue weighted by Gasteiger charge is 2.23. The SMILES string of the molecule is COc1ccc(/C=C2\C(=O)Nc3ccccc32)cc1Cl. The van der Waals surface area contributed by atoms with Gasteiger partial charge < -0.3 is 10.1 Å². The first-order valence-corrected chi connectivity index (χ1v) is 6.53. The summed E-state index contributed by atoms with van der Waals surface area (Å²) >= 11 is 6.10. The van der Waals surface area contributed by atoms with Crippen LogP contribution in [0.1, 0.15) is 11.1 Å². The number of anilines is 1. The molecule has 3 nitrogen and oxygen atoms in total. The van der Waals surface area contributed by atoms with E-state index in [4.69, 9.17) is 16.3 Å². The molecular formula is C16H12ClNO2. The van der Waals surface area contributed by atoms with Crippen molar-refractivity contribution in [1.29, 1.82) is 0 Å². The normalized spacial score (nSPS) is 15.1. The minimum Gasteiger partial charge on any atom is -0.495 e. The van der Waals surface area contributed by atoms with Gasteiger partial charge in [0, 0.05) is 16.8 Å². The fourth-order valence-electron chi connectivity index (χ4n) is 2.22. The molecule has 0 saturated heterocycles. The predicted molar refractivity (Wildman–Crippen MR) is 80.9 cm³/mol. The van der Waals surface area contributed by atoms with Crippen LogP contribution in [0.3, 0.4) is 0 Å². The van der Waals surface area contributed by atoms with Crippen molar-refractivity contribution in [3.05, 3.63) is 58.6 Å². The molecule has 1 amide bonds. The van der Waals surface area contributed by atoms with Crippen molar-refractivity contribution in [3.63, 3.8) is 0 Å². The van der Waals surface area contributed by atoms with Crippen LogP contribution in [-0.2, 0) is 4.79 Å². The smallest absolute Gasteiger partial charge is 0.256 e. The molecule has 0 fully saturated rings. The molecule has 2 aromatic carbocycles. The van der Waals surface area contributed by atoms with Crippen molar-refractivity contribution in [2.75, 3.05) is 12.4 Å². The van der Waals surface area contributed by atoms with Gasteiger partial charge in [-0.05, 0) is 29.8 Å². The quantitative estimate of drug-likeness (QED) is 0.851. The first kappa shape index (κ1) is 12.8. The largest absolute Gasteiger partial charge is 0.495 e. The van der Waals surface area contributed by atoms with Crippen LogP contribution < -0.4 is 10.1 Å². The lowest BCUT2D eigenvalue weighted by Crippen LogP contribution is -2.03. The lowest BCUT2D eigenvalue weighted by atomic mass is 10.0. The fraction of sp³-hybridized carbons (Fsp3) is 0.0625. The molecule has 0 bridgehead atoms. The predicted octanol–water partition coefficient (Wildman–Crippen LogP) is 3.84. The molecule has 1 aliphatic heterocycles. The molecule has 1 aliphatic rings. The number of carbonyl (C=O) groups is 1. The second kappa shape index (κ2) is 5.02. The number of halogens is 1. The number of ether oxygens (including phenoxy) is 1. The molecule has 0 unspecified atom stereocenters. The topological polar surface area (TPSA) is 38.3 Å². The Balaban J connectivity index is 2.04. The van der Waals surface area contributed by atoms with Gasteiger partial charge in [-0.25, -0.2) is 0 Å². The van der Waals surface area contributed by atoms with Gasteiger partial charge in [0.25, 0.3) is 5.91 Å². The van der Waals surface area contributed by atoms with Crippen molar-refractivity contribution in [2.45, 2.75) is 0 Å². The summed E-state index contributed by atoms with van der Waals surface area (Å²) in [6, 6.07) is 13.0. The average Bonchev–Trinajstić information content (AvgIpc) is 2.76. The number of benzene rings is 2. The molecule has 0 saturated carbocycles. The standard InChI is InChI=1S/C16H12ClNO2/c1-20-15-7-6-10(9-13(15)17)8-12-11-4-2-3-5-14(11)18-16(12)19/h2-9H,1H3,(H,18,19)/b12-8-. The van der Waals surface area contributed by atoms with Crippen LogP contribution >= 0.6 is 11.6 Å². The second-order valence-corrected chi connectivity index (χ2v) is 4.86. The fourth-order valence-corrected chi connectivity index (χ4v) is 2.49. The minimum absolute atomic E-state index is 0.0989. The second-order valence-electron chi connectivity index (χ2n) is 4.45. The van der Waals surface area contributed by atoms with Gasteiger partial charge in [0.15, 0.2) is 0 Å². The number of fused-ring (bicyclic) bond motifs is 1. The van der Waals surface area contributed by atoms with Crippen LogP contribution in [0.15, 0.2) is 42.5 Å². The summed E-state index contributed by atoms with van der Waals surface area (Å²) in [4.78, 5) is 12.0. The number of hydrogen-bond donors (Lipinski definition) is 1. The highest BCUT2D eigenvalue weighted by molar-refractivity contribution is 6.35. The van der Waals surface area contributed by atoms with Crippen molar-refractivity contribution in [2.24, 2.45) is 0 Å². The van der Waals surface area contributed by atoms with E-state index in [1.807, 2.05) is 36.4 Å². The zero-order valence-electron chi connectivity index (χ0n) is 10.8. The third-order valence-corrected chi connectivity index (χ3v) is 3.49. The summed E-state index contributed by atoms with van der Waals surface area (Å²) in [5.74, 6) is 0.517. The van der Waals surface area contributed by atoms with Crippen LogP contribution in [0.2, 0.25) is 5.02 Å². The number of rotatable bonds is 2. The van der Waals surface area contributed by atoms with Gasteiger partial charge in [0.05, 0.1) is 12.1 Å². The molecule has 0 radical (unpaired) electrons. The van der Waals surface area contributed by atoms with Crippen LogP contribution in [-0.4, -0.2) is 13.0 Å². The Morgan fingerprint density at radius 2 is 2.00 bits per heavy atom. The van der Waals surface area contributed by atoms with Crippen LogP contribution in [0.25, 0.3) is 11.6 Å². The maximum Gasteiger partial charge on any atom is 0.256 e. The molecule has 0 aliphatic carbocycles. The Labute approximate surface area is 121 Å². The van der Waals surface area contributed by atoms with E-state index >= 15 is 0 Å². The van der Waals surface area contributed by atoms with Gasteiger partial charge in [0.2, 0.25) is 0 Å². The summed E-state index contributed by atoms with van der Waals surface area (Å²) in [5, 5.41) is 3.36. The van der Waals surface area contributed by atoms with E-state index < -0.39 is 0 Å². The lowest BCUT2D eigenvalue weighted by Gasteiger charge is -2.04. The number of para-hydroxylation sites is 1. The Kier molecular flexibility index (Phi) is 3.20. The summed E-state index contributed by atoms with van der Waals surface area (Å²) in [5.41, 5.74) is 3.24. The molecule has 100 valence electrons. The van der Waals surface area contributed by atoms with Gasteiger partial charge in [-0.2, -0.15) is 0 Å². The molecule has 20 heavy (non-hydrogen) atoms. The Morgan fingerprint density at radius 3 is 2.75 bits per heavy atom. The van der Waals surface area contributed by atoms with Crippen molar-refractivity contribution >= 4 is 34.8 Å². The molecular weight excluding hydrogens is 274 g/mol. The van der Waals surface area contributed by atoms with Crippen LogP contribution in [0.4, 0.5) is 5.69 Å². The van der Waals surface area contributed by atoms with Crippen molar-refractivity contribution in [1.82, 2.24) is 0 Å². The van der Waals surface area contributed by atoms with E-state index in [2.05, 4.69) is 5.32 Å². The molecule has 3 rings (SSSR count). The van der Waals surface area contributed by atoms with Crippen molar-refractivity contribution < 1.29 is 9.53 Å². The molecule has 1 heterocycles. The van der Waals surface area contributed by atoms with E-state index in [0.717, 1.165) is 16.8 Å².